The van der Waals surface area contributed by atoms with Crippen molar-refractivity contribution in [2.24, 2.45) is 0 Å². The number of benzene rings is 5. The molecule has 1 nitrogen and oxygen atoms in total. The average molecular weight is 488 g/mol. The number of rotatable bonds is 6. The van der Waals surface area contributed by atoms with Gasteiger partial charge in [0, 0.05) is 33.0 Å². The highest BCUT2D eigenvalue weighted by molar-refractivity contribution is 6.24. The molecule has 0 atom stereocenters. The fraction of sp³-hybridized carbons (Fsp3) is 0.0270. The first-order valence-electron chi connectivity index (χ1n) is 13.0. The van der Waals surface area contributed by atoms with Crippen molar-refractivity contribution < 1.29 is 0 Å². The first-order valence-corrected chi connectivity index (χ1v) is 13.0. The van der Waals surface area contributed by atoms with E-state index < -0.39 is 0 Å². The molecule has 1 aromatic heterocycles. The van der Waals surface area contributed by atoms with Crippen LogP contribution in [0.2, 0.25) is 0 Å². The molecule has 0 aliphatic carbocycles. The van der Waals surface area contributed by atoms with Gasteiger partial charge in [-0.3, -0.25) is 0 Å². The highest BCUT2D eigenvalue weighted by atomic mass is 14.7. The molecule has 0 unspecified atom stereocenters. The second kappa shape index (κ2) is 10.2. The summed E-state index contributed by atoms with van der Waals surface area (Å²) in [6.07, 6.45) is 8.30. The first-order chi connectivity index (χ1) is 18.8. The van der Waals surface area contributed by atoms with Crippen LogP contribution >= 0.6 is 0 Å². The Morgan fingerprint density at radius 1 is 0.605 bits per heavy atom. The zero-order chi connectivity index (χ0) is 25.9. The molecule has 0 spiro atoms. The van der Waals surface area contributed by atoms with Crippen molar-refractivity contribution in [1.82, 2.24) is 4.98 Å². The summed E-state index contributed by atoms with van der Waals surface area (Å²) in [5.74, 6) is 0. The Morgan fingerprint density at radius 2 is 1.13 bits per heavy atom. The number of aromatic amines is 1. The smallest absolute Gasteiger partial charge is 0.0557 e. The Hall–Kier alpha value is -4.88. The van der Waals surface area contributed by atoms with E-state index in [0.29, 0.717) is 0 Å². The number of allylic oxidation sites excluding steroid dienone is 5. The van der Waals surface area contributed by atoms with Crippen LogP contribution in [-0.2, 0) is 0 Å². The molecular formula is C37H29N. The average Bonchev–Trinajstić information content (AvgIpc) is 3.36. The molecule has 0 fully saturated rings. The number of H-pyrrole nitrogens is 1. The van der Waals surface area contributed by atoms with Gasteiger partial charge in [-0.15, -0.1) is 0 Å². The predicted molar refractivity (Wildman–Crippen MR) is 165 cm³/mol. The van der Waals surface area contributed by atoms with Crippen LogP contribution < -0.4 is 0 Å². The lowest BCUT2D eigenvalue weighted by Gasteiger charge is -2.23. The Morgan fingerprint density at radius 3 is 1.74 bits per heavy atom. The third kappa shape index (κ3) is 4.09. The lowest BCUT2D eigenvalue weighted by Crippen LogP contribution is -1.98. The molecule has 0 aliphatic rings. The van der Waals surface area contributed by atoms with E-state index in [-0.39, 0.29) is 0 Å². The Kier molecular flexibility index (Phi) is 6.34. The minimum absolute atomic E-state index is 0.977. The molecule has 1 heteroatoms. The maximum Gasteiger partial charge on any atom is 0.0557 e. The van der Waals surface area contributed by atoms with Crippen molar-refractivity contribution in [3.63, 3.8) is 0 Å². The lowest BCUT2D eigenvalue weighted by molar-refractivity contribution is 1.51. The highest BCUT2D eigenvalue weighted by Crippen LogP contribution is 2.50. The molecule has 0 bridgehead atoms. The molecule has 0 saturated carbocycles. The molecule has 0 aliphatic heterocycles. The van der Waals surface area contributed by atoms with Gasteiger partial charge in [-0.2, -0.15) is 0 Å². The van der Waals surface area contributed by atoms with E-state index in [0.717, 1.165) is 22.2 Å². The maximum absolute atomic E-state index is 4.64. The van der Waals surface area contributed by atoms with Gasteiger partial charge < -0.3 is 4.98 Å². The molecule has 0 saturated heterocycles. The van der Waals surface area contributed by atoms with Gasteiger partial charge in [0.25, 0.3) is 0 Å². The fourth-order valence-electron chi connectivity index (χ4n) is 5.46. The molecule has 6 rings (SSSR count). The largest absolute Gasteiger partial charge is 0.354 e. The van der Waals surface area contributed by atoms with Crippen molar-refractivity contribution >= 4 is 27.4 Å². The summed E-state index contributed by atoms with van der Waals surface area (Å²) < 4.78 is 0. The number of nitrogens with one attached hydrogen (secondary N) is 1. The van der Waals surface area contributed by atoms with Crippen molar-refractivity contribution in [3.05, 3.63) is 152 Å². The first kappa shape index (κ1) is 23.5. The van der Waals surface area contributed by atoms with Gasteiger partial charge in [0.2, 0.25) is 0 Å². The SMILES string of the molecule is C=C(/C=C\C=C/C)c1c(-c2ccccc2)c(-c2ccccc2)c2[nH]c3ccccc3c2c1-c1ccccc1. The van der Waals surface area contributed by atoms with Crippen LogP contribution in [0, 0.1) is 0 Å². The summed E-state index contributed by atoms with van der Waals surface area (Å²) in [4.78, 5) is 3.82. The quantitative estimate of drug-likeness (QED) is 0.225. The van der Waals surface area contributed by atoms with Gasteiger partial charge >= 0.3 is 0 Å². The van der Waals surface area contributed by atoms with Crippen molar-refractivity contribution in [2.75, 3.05) is 0 Å². The maximum atomic E-state index is 4.64. The standard InChI is InChI=1S/C37H29N/c1-3-4-8-17-26(2)32-33(27-18-9-5-10-19-27)35(29-22-13-7-14-23-29)37-36(30-24-15-16-25-31(30)38-37)34(32)28-20-11-6-12-21-28/h3-25,38H,2H2,1H3/b4-3-,17-8-. The number of aromatic nitrogens is 1. The summed E-state index contributed by atoms with van der Waals surface area (Å²) in [5.41, 5.74) is 11.5. The van der Waals surface area contributed by atoms with Gasteiger partial charge in [0.05, 0.1) is 5.52 Å². The normalized spacial score (nSPS) is 11.7. The van der Waals surface area contributed by atoms with Crippen molar-refractivity contribution in [2.45, 2.75) is 6.92 Å². The zero-order valence-electron chi connectivity index (χ0n) is 21.5. The number of hydrogen-bond donors (Lipinski definition) is 1. The number of fused-ring (bicyclic) bond motifs is 3. The van der Waals surface area contributed by atoms with E-state index in [2.05, 4.69) is 145 Å². The summed E-state index contributed by atoms with van der Waals surface area (Å²) in [6, 6.07) is 40.8. The van der Waals surface area contributed by atoms with Crippen LogP contribution in [0.25, 0.3) is 60.8 Å². The van der Waals surface area contributed by atoms with Gasteiger partial charge in [0.15, 0.2) is 0 Å². The van der Waals surface area contributed by atoms with E-state index in [1.807, 2.05) is 13.0 Å². The van der Waals surface area contributed by atoms with Crippen LogP contribution in [-0.4, -0.2) is 4.98 Å². The Labute approximate surface area is 224 Å². The van der Waals surface area contributed by atoms with E-state index in [1.54, 1.807) is 0 Å². The minimum Gasteiger partial charge on any atom is -0.354 e. The highest BCUT2D eigenvalue weighted by Gasteiger charge is 2.26. The van der Waals surface area contributed by atoms with Gasteiger partial charge in [-0.1, -0.05) is 140 Å². The molecule has 1 N–H and O–H groups in total. The lowest BCUT2D eigenvalue weighted by atomic mass is 9.80. The second-order valence-electron chi connectivity index (χ2n) is 9.43. The monoisotopic (exact) mass is 487 g/mol. The van der Waals surface area contributed by atoms with Crippen molar-refractivity contribution in [1.29, 1.82) is 0 Å². The van der Waals surface area contributed by atoms with E-state index in [9.17, 15) is 0 Å². The molecule has 6 aromatic rings. The van der Waals surface area contributed by atoms with Crippen LogP contribution in [0.3, 0.4) is 0 Å². The third-order valence-electron chi connectivity index (χ3n) is 7.07. The van der Waals surface area contributed by atoms with Gasteiger partial charge in [-0.05, 0) is 40.8 Å². The second-order valence-corrected chi connectivity index (χ2v) is 9.43. The van der Waals surface area contributed by atoms with Crippen molar-refractivity contribution in [3.8, 4) is 33.4 Å². The third-order valence-corrected chi connectivity index (χ3v) is 7.07. The Balaban J connectivity index is 1.90. The Bertz CT molecular complexity index is 1800. The predicted octanol–water partition coefficient (Wildman–Crippen LogP) is 10.5. The molecule has 5 aromatic carbocycles. The summed E-state index contributed by atoms with van der Waals surface area (Å²) in [6.45, 7) is 6.68. The van der Waals surface area contributed by atoms with E-state index in [1.165, 1.54) is 44.2 Å². The topological polar surface area (TPSA) is 15.8 Å². The van der Waals surface area contributed by atoms with E-state index in [4.69, 9.17) is 0 Å². The number of hydrogen-bond acceptors (Lipinski definition) is 0. The number of para-hydroxylation sites is 1. The van der Waals surface area contributed by atoms with Crippen LogP contribution in [0.1, 0.15) is 12.5 Å². The van der Waals surface area contributed by atoms with Gasteiger partial charge in [-0.25, -0.2) is 0 Å². The summed E-state index contributed by atoms with van der Waals surface area (Å²) >= 11 is 0. The minimum atomic E-state index is 0.977. The summed E-state index contributed by atoms with van der Waals surface area (Å²) in [7, 11) is 0. The van der Waals surface area contributed by atoms with Crippen LogP contribution in [0.15, 0.2) is 146 Å². The van der Waals surface area contributed by atoms with Crippen LogP contribution in [0.5, 0.6) is 0 Å². The molecule has 0 radical (unpaired) electrons. The molecule has 182 valence electrons. The fourth-order valence-corrected chi connectivity index (χ4v) is 5.46. The van der Waals surface area contributed by atoms with Crippen LogP contribution in [0.4, 0.5) is 0 Å². The zero-order valence-corrected chi connectivity index (χ0v) is 21.5. The molecule has 38 heavy (non-hydrogen) atoms. The van der Waals surface area contributed by atoms with Gasteiger partial charge in [0.1, 0.15) is 0 Å². The molecular weight excluding hydrogens is 458 g/mol. The summed E-state index contributed by atoms with van der Waals surface area (Å²) in [5, 5.41) is 2.44. The molecule has 1 heterocycles. The van der Waals surface area contributed by atoms with E-state index >= 15 is 0 Å². The molecule has 0 amide bonds.